The molecule has 104 valence electrons. The van der Waals surface area contributed by atoms with Crippen molar-refractivity contribution in [1.29, 1.82) is 0 Å². The first kappa shape index (κ1) is 13.8. The molecule has 0 bridgehead atoms. The first-order valence-corrected chi connectivity index (χ1v) is 6.93. The summed E-state index contributed by atoms with van der Waals surface area (Å²) in [6, 6.07) is 2.33. The molecule has 5 heteroatoms. The number of anilines is 2. The Hall–Kier alpha value is -1.65. The number of ketones is 1. The van der Waals surface area contributed by atoms with Gasteiger partial charge in [0.05, 0.1) is 0 Å². The van der Waals surface area contributed by atoms with Crippen LogP contribution in [0.3, 0.4) is 0 Å². The molecule has 1 saturated carbocycles. The number of hydrogen-bond acceptors (Lipinski definition) is 5. The van der Waals surface area contributed by atoms with Crippen molar-refractivity contribution in [3.05, 3.63) is 11.9 Å². The van der Waals surface area contributed by atoms with Crippen LogP contribution in [0.15, 0.2) is 6.07 Å². The normalized spacial score (nSPS) is 16.5. The number of carbonyl (C=O) groups is 1. The first-order valence-electron chi connectivity index (χ1n) is 6.93. The van der Waals surface area contributed by atoms with E-state index in [-0.39, 0.29) is 0 Å². The number of nitrogens with one attached hydrogen (secondary N) is 1. The summed E-state index contributed by atoms with van der Waals surface area (Å²) < 4.78 is 0. The van der Waals surface area contributed by atoms with Crippen molar-refractivity contribution in [3.8, 4) is 0 Å². The lowest BCUT2D eigenvalue weighted by atomic mass is 9.94. The standard InChI is InChI=1S/C14H22N4O/c1-4-18(3)14-9-13(15-10(2)16-14)17-11-5-7-12(19)8-6-11/h9,11H,4-8H2,1-3H3,(H,15,16,17). The summed E-state index contributed by atoms with van der Waals surface area (Å²) in [4.78, 5) is 22.2. The molecule has 0 amide bonds. The molecule has 0 saturated heterocycles. The quantitative estimate of drug-likeness (QED) is 0.901. The first-order chi connectivity index (χ1) is 9.08. The third-order valence-corrected chi connectivity index (χ3v) is 3.59. The van der Waals surface area contributed by atoms with Gasteiger partial charge < -0.3 is 10.2 Å². The average molecular weight is 262 g/mol. The van der Waals surface area contributed by atoms with Gasteiger partial charge in [0.2, 0.25) is 0 Å². The van der Waals surface area contributed by atoms with Crippen molar-refractivity contribution in [2.75, 3.05) is 23.8 Å². The van der Waals surface area contributed by atoms with Gasteiger partial charge in [-0.05, 0) is 26.7 Å². The zero-order valence-corrected chi connectivity index (χ0v) is 11.9. The molecule has 0 radical (unpaired) electrons. The Morgan fingerprint density at radius 2 is 2.05 bits per heavy atom. The number of aromatic nitrogens is 2. The molecule has 0 aromatic carbocycles. The van der Waals surface area contributed by atoms with E-state index in [1.54, 1.807) is 0 Å². The number of carbonyl (C=O) groups excluding carboxylic acids is 1. The molecule has 0 spiro atoms. The SMILES string of the molecule is CCN(C)c1cc(NC2CCC(=O)CC2)nc(C)n1. The van der Waals surface area contributed by atoms with Crippen molar-refractivity contribution in [2.24, 2.45) is 0 Å². The summed E-state index contributed by atoms with van der Waals surface area (Å²) in [5.74, 6) is 2.95. The molecule has 1 aliphatic rings. The van der Waals surface area contributed by atoms with E-state index in [2.05, 4.69) is 27.1 Å². The monoisotopic (exact) mass is 262 g/mol. The molecule has 1 aromatic rings. The summed E-state index contributed by atoms with van der Waals surface area (Å²) >= 11 is 0. The van der Waals surface area contributed by atoms with Gasteiger partial charge in [-0.3, -0.25) is 4.79 Å². The van der Waals surface area contributed by atoms with Crippen molar-refractivity contribution >= 4 is 17.4 Å². The minimum Gasteiger partial charge on any atom is -0.367 e. The molecule has 1 N–H and O–H groups in total. The lowest BCUT2D eigenvalue weighted by Gasteiger charge is -2.24. The van der Waals surface area contributed by atoms with E-state index >= 15 is 0 Å². The highest BCUT2D eigenvalue weighted by molar-refractivity contribution is 5.79. The van der Waals surface area contributed by atoms with Crippen LogP contribution in [0, 0.1) is 6.92 Å². The number of rotatable bonds is 4. The van der Waals surface area contributed by atoms with Crippen LogP contribution in [0.4, 0.5) is 11.6 Å². The van der Waals surface area contributed by atoms with Gasteiger partial charge in [0.1, 0.15) is 23.2 Å². The molecule has 5 nitrogen and oxygen atoms in total. The molecule has 1 fully saturated rings. The smallest absolute Gasteiger partial charge is 0.134 e. The van der Waals surface area contributed by atoms with Crippen LogP contribution in [0.2, 0.25) is 0 Å². The summed E-state index contributed by atoms with van der Waals surface area (Å²) in [6.07, 6.45) is 3.18. The van der Waals surface area contributed by atoms with Crippen LogP contribution in [0.1, 0.15) is 38.4 Å². The van der Waals surface area contributed by atoms with Crippen molar-refractivity contribution in [1.82, 2.24) is 9.97 Å². The second kappa shape index (κ2) is 5.99. The Kier molecular flexibility index (Phi) is 4.35. The Balaban J connectivity index is 2.07. The highest BCUT2D eigenvalue weighted by Crippen LogP contribution is 2.21. The maximum atomic E-state index is 11.2. The predicted octanol–water partition coefficient (Wildman–Crippen LogP) is 2.16. The fourth-order valence-electron chi connectivity index (χ4n) is 2.28. The zero-order valence-electron chi connectivity index (χ0n) is 11.9. The van der Waals surface area contributed by atoms with Crippen molar-refractivity contribution in [3.63, 3.8) is 0 Å². The molecule has 0 aliphatic heterocycles. The Morgan fingerprint density at radius 1 is 1.37 bits per heavy atom. The molecule has 0 atom stereocenters. The molecule has 19 heavy (non-hydrogen) atoms. The van der Waals surface area contributed by atoms with Gasteiger partial charge in [-0.1, -0.05) is 0 Å². The Bertz CT molecular complexity index is 451. The average Bonchev–Trinajstić information content (AvgIpc) is 2.40. The van der Waals surface area contributed by atoms with Gasteiger partial charge in [-0.2, -0.15) is 0 Å². The topological polar surface area (TPSA) is 58.1 Å². The van der Waals surface area contributed by atoms with E-state index in [0.29, 0.717) is 24.7 Å². The minimum absolute atomic E-state index is 0.354. The van der Waals surface area contributed by atoms with Gasteiger partial charge in [0.15, 0.2) is 0 Å². The van der Waals surface area contributed by atoms with Crippen LogP contribution in [0.25, 0.3) is 0 Å². The third kappa shape index (κ3) is 3.66. The zero-order chi connectivity index (χ0) is 13.8. The van der Waals surface area contributed by atoms with Gasteiger partial charge >= 0.3 is 0 Å². The lowest BCUT2D eigenvalue weighted by molar-refractivity contribution is -0.120. The number of hydrogen-bond donors (Lipinski definition) is 1. The Labute approximate surface area is 114 Å². The van der Waals surface area contributed by atoms with E-state index in [9.17, 15) is 4.79 Å². The fourth-order valence-corrected chi connectivity index (χ4v) is 2.28. The summed E-state index contributed by atoms with van der Waals surface area (Å²) in [7, 11) is 2.02. The van der Waals surface area contributed by atoms with E-state index in [0.717, 1.165) is 36.8 Å². The van der Waals surface area contributed by atoms with E-state index < -0.39 is 0 Å². The van der Waals surface area contributed by atoms with E-state index in [1.165, 1.54) is 0 Å². The maximum absolute atomic E-state index is 11.2. The number of nitrogens with zero attached hydrogens (tertiary/aromatic N) is 3. The van der Waals surface area contributed by atoms with Crippen LogP contribution < -0.4 is 10.2 Å². The van der Waals surface area contributed by atoms with Crippen LogP contribution in [0.5, 0.6) is 0 Å². The highest BCUT2D eigenvalue weighted by Gasteiger charge is 2.19. The fraction of sp³-hybridized carbons (Fsp3) is 0.643. The number of aryl methyl sites for hydroxylation is 1. The van der Waals surface area contributed by atoms with Gasteiger partial charge in [-0.15, -0.1) is 0 Å². The highest BCUT2D eigenvalue weighted by atomic mass is 16.1. The molecule has 1 aromatic heterocycles. The van der Waals surface area contributed by atoms with Gasteiger partial charge in [0, 0.05) is 38.5 Å². The largest absolute Gasteiger partial charge is 0.367 e. The Morgan fingerprint density at radius 3 is 2.68 bits per heavy atom. The predicted molar refractivity (Wildman–Crippen MR) is 76.6 cm³/mol. The lowest BCUT2D eigenvalue weighted by Crippen LogP contribution is -2.27. The maximum Gasteiger partial charge on any atom is 0.134 e. The minimum atomic E-state index is 0.354. The van der Waals surface area contributed by atoms with Crippen LogP contribution >= 0.6 is 0 Å². The van der Waals surface area contributed by atoms with Gasteiger partial charge in [-0.25, -0.2) is 9.97 Å². The number of Topliss-reactive ketones (excluding diaryl/α,β-unsaturated/α-hetero) is 1. The molecule has 2 rings (SSSR count). The summed E-state index contributed by atoms with van der Waals surface area (Å²) in [6.45, 7) is 4.91. The third-order valence-electron chi connectivity index (χ3n) is 3.59. The van der Waals surface area contributed by atoms with E-state index in [1.807, 2.05) is 20.0 Å². The van der Waals surface area contributed by atoms with Crippen LogP contribution in [-0.4, -0.2) is 35.4 Å². The second-order valence-corrected chi connectivity index (χ2v) is 5.13. The second-order valence-electron chi connectivity index (χ2n) is 5.13. The molecular weight excluding hydrogens is 240 g/mol. The molecule has 1 heterocycles. The van der Waals surface area contributed by atoms with Gasteiger partial charge in [0.25, 0.3) is 0 Å². The summed E-state index contributed by atoms with van der Waals surface area (Å²) in [5.41, 5.74) is 0. The van der Waals surface area contributed by atoms with E-state index in [4.69, 9.17) is 0 Å². The molecular formula is C14H22N4O. The molecule has 0 unspecified atom stereocenters. The summed E-state index contributed by atoms with van der Waals surface area (Å²) in [5, 5.41) is 3.43. The van der Waals surface area contributed by atoms with Crippen LogP contribution in [-0.2, 0) is 4.79 Å². The molecule has 1 aliphatic carbocycles. The van der Waals surface area contributed by atoms with Crippen molar-refractivity contribution < 1.29 is 4.79 Å². The van der Waals surface area contributed by atoms with Crippen molar-refractivity contribution in [2.45, 2.75) is 45.6 Å².